The zero-order chi connectivity index (χ0) is 13.8. The molecule has 0 fully saturated rings. The lowest BCUT2D eigenvalue weighted by molar-refractivity contribution is 0.395. The van der Waals surface area contributed by atoms with Gasteiger partial charge in [-0.2, -0.15) is 9.64 Å². The van der Waals surface area contributed by atoms with Gasteiger partial charge in [-0.3, -0.25) is 0 Å². The molecule has 2 aromatic rings. The van der Waals surface area contributed by atoms with Crippen LogP contribution in [0.25, 0.3) is 0 Å². The Balaban J connectivity index is 2.35. The summed E-state index contributed by atoms with van der Waals surface area (Å²) >= 11 is 1.25. The Kier molecular flexibility index (Phi) is 3.88. The fourth-order valence-electron chi connectivity index (χ4n) is 1.61. The van der Waals surface area contributed by atoms with Gasteiger partial charge in [0.15, 0.2) is 0 Å². The highest BCUT2D eigenvalue weighted by Crippen LogP contribution is 2.34. The molecule has 0 aliphatic rings. The Hall–Kier alpha value is -2.26. The predicted molar refractivity (Wildman–Crippen MR) is 74.4 cm³/mol. The van der Waals surface area contributed by atoms with Crippen LogP contribution in [0.1, 0.15) is 11.3 Å². The number of nitrogens with one attached hydrogen (secondary N) is 1. The van der Waals surface area contributed by atoms with Gasteiger partial charge in [-0.25, -0.2) is 0 Å². The van der Waals surface area contributed by atoms with Crippen molar-refractivity contribution in [3.8, 4) is 17.6 Å². The normalized spacial score (nSPS) is 9.79. The van der Waals surface area contributed by atoms with Crippen molar-refractivity contribution in [3.63, 3.8) is 0 Å². The summed E-state index contributed by atoms with van der Waals surface area (Å²) in [5.74, 6) is 1.36. The lowest BCUT2D eigenvalue weighted by Crippen LogP contribution is -1.95. The van der Waals surface area contributed by atoms with Crippen molar-refractivity contribution in [2.24, 2.45) is 0 Å². The van der Waals surface area contributed by atoms with Crippen LogP contribution in [-0.4, -0.2) is 18.6 Å². The first-order chi connectivity index (χ1) is 9.19. The number of nitriles is 1. The van der Waals surface area contributed by atoms with Gasteiger partial charge in [0.05, 0.1) is 25.6 Å². The van der Waals surface area contributed by atoms with E-state index in [2.05, 4.69) is 15.8 Å². The van der Waals surface area contributed by atoms with Crippen LogP contribution in [0.3, 0.4) is 0 Å². The number of methoxy groups -OCH3 is 2. The van der Waals surface area contributed by atoms with Gasteiger partial charge in [-0.05, 0) is 30.6 Å². The van der Waals surface area contributed by atoms with Gasteiger partial charge < -0.3 is 14.8 Å². The molecule has 0 saturated heterocycles. The highest BCUT2D eigenvalue weighted by molar-refractivity contribution is 7.10. The Labute approximate surface area is 115 Å². The van der Waals surface area contributed by atoms with Crippen molar-refractivity contribution < 1.29 is 9.47 Å². The molecule has 1 heterocycles. The first-order valence-corrected chi connectivity index (χ1v) is 6.32. The molecule has 1 aromatic carbocycles. The average Bonchev–Trinajstić information content (AvgIpc) is 2.79. The number of aromatic nitrogens is 1. The van der Waals surface area contributed by atoms with Crippen LogP contribution >= 0.6 is 11.5 Å². The van der Waals surface area contributed by atoms with Crippen LogP contribution in [0.5, 0.6) is 11.5 Å². The summed E-state index contributed by atoms with van der Waals surface area (Å²) in [5.41, 5.74) is 2.05. The van der Waals surface area contributed by atoms with Crippen molar-refractivity contribution in [1.82, 2.24) is 4.37 Å². The first kappa shape index (κ1) is 13.2. The first-order valence-electron chi connectivity index (χ1n) is 5.55. The summed E-state index contributed by atoms with van der Waals surface area (Å²) < 4.78 is 14.6. The van der Waals surface area contributed by atoms with E-state index >= 15 is 0 Å². The van der Waals surface area contributed by atoms with Crippen molar-refractivity contribution in [2.45, 2.75) is 6.92 Å². The summed E-state index contributed by atoms with van der Waals surface area (Å²) in [6.45, 7) is 1.81. The summed E-state index contributed by atoms with van der Waals surface area (Å²) in [6, 6.07) is 7.59. The van der Waals surface area contributed by atoms with Crippen LogP contribution in [0, 0.1) is 18.3 Å². The second-order valence-corrected chi connectivity index (χ2v) is 4.55. The standard InChI is InChI=1S/C13H13N3O2S/c1-8-10(7-14)13(19-16-8)15-11-5-4-9(17-2)6-12(11)18-3/h4-6,15H,1-3H3. The Morgan fingerprint density at radius 1 is 1.32 bits per heavy atom. The Morgan fingerprint density at radius 3 is 2.74 bits per heavy atom. The SMILES string of the molecule is COc1ccc(Nc2snc(C)c2C#N)c(OC)c1. The van der Waals surface area contributed by atoms with Crippen molar-refractivity contribution in [2.75, 3.05) is 19.5 Å². The Morgan fingerprint density at radius 2 is 2.11 bits per heavy atom. The zero-order valence-corrected chi connectivity index (χ0v) is 11.7. The number of nitrogens with zero attached hydrogens (tertiary/aromatic N) is 2. The maximum absolute atomic E-state index is 9.10. The molecule has 0 saturated carbocycles. The number of benzene rings is 1. The molecule has 5 nitrogen and oxygen atoms in total. The molecule has 0 unspecified atom stereocenters. The number of aryl methyl sites for hydroxylation is 1. The maximum Gasteiger partial charge on any atom is 0.146 e. The van der Waals surface area contributed by atoms with Crippen LogP contribution in [-0.2, 0) is 0 Å². The van der Waals surface area contributed by atoms with E-state index in [0.717, 1.165) is 11.4 Å². The molecule has 2 rings (SSSR count). The molecule has 98 valence electrons. The van der Waals surface area contributed by atoms with Crippen molar-refractivity contribution in [3.05, 3.63) is 29.5 Å². The molecular formula is C13H13N3O2S. The van der Waals surface area contributed by atoms with Crippen LogP contribution in [0.4, 0.5) is 10.7 Å². The van der Waals surface area contributed by atoms with Crippen LogP contribution in [0.2, 0.25) is 0 Å². The smallest absolute Gasteiger partial charge is 0.146 e. The minimum Gasteiger partial charge on any atom is -0.497 e. The minimum absolute atomic E-state index is 0.558. The van der Waals surface area contributed by atoms with E-state index < -0.39 is 0 Å². The topological polar surface area (TPSA) is 67.2 Å². The van der Waals surface area contributed by atoms with E-state index in [-0.39, 0.29) is 0 Å². The molecule has 0 amide bonds. The maximum atomic E-state index is 9.10. The third kappa shape index (κ3) is 2.61. The lowest BCUT2D eigenvalue weighted by atomic mass is 10.2. The molecule has 0 aliphatic heterocycles. The Bertz CT molecular complexity index is 631. The zero-order valence-electron chi connectivity index (χ0n) is 10.9. The summed E-state index contributed by atoms with van der Waals surface area (Å²) in [6.07, 6.45) is 0. The fourth-order valence-corrected chi connectivity index (χ4v) is 2.37. The molecule has 0 spiro atoms. The van der Waals surface area contributed by atoms with Gasteiger partial charge in [-0.1, -0.05) is 0 Å². The molecule has 0 atom stereocenters. The number of ether oxygens (including phenoxy) is 2. The number of rotatable bonds is 4. The monoisotopic (exact) mass is 275 g/mol. The van der Waals surface area contributed by atoms with Gasteiger partial charge in [0.1, 0.15) is 28.1 Å². The molecular weight excluding hydrogens is 262 g/mol. The van der Waals surface area contributed by atoms with Gasteiger partial charge in [0.25, 0.3) is 0 Å². The molecule has 0 aliphatic carbocycles. The van der Waals surface area contributed by atoms with E-state index in [1.165, 1.54) is 11.5 Å². The summed E-state index contributed by atoms with van der Waals surface area (Å²) in [4.78, 5) is 0. The highest BCUT2D eigenvalue weighted by atomic mass is 32.1. The molecule has 0 bridgehead atoms. The van der Waals surface area contributed by atoms with Gasteiger partial charge in [0.2, 0.25) is 0 Å². The number of anilines is 2. The molecule has 1 N–H and O–H groups in total. The van der Waals surface area contributed by atoms with Crippen molar-refractivity contribution >= 4 is 22.2 Å². The second kappa shape index (κ2) is 5.59. The van der Waals surface area contributed by atoms with E-state index in [1.807, 2.05) is 19.1 Å². The predicted octanol–water partition coefficient (Wildman–Crippen LogP) is 3.08. The quantitative estimate of drug-likeness (QED) is 0.928. The lowest BCUT2D eigenvalue weighted by Gasteiger charge is -2.11. The van der Waals surface area contributed by atoms with Crippen LogP contribution in [0.15, 0.2) is 18.2 Å². The van der Waals surface area contributed by atoms with E-state index in [9.17, 15) is 0 Å². The van der Waals surface area contributed by atoms with Crippen molar-refractivity contribution in [1.29, 1.82) is 5.26 Å². The largest absolute Gasteiger partial charge is 0.497 e. The van der Waals surface area contributed by atoms with E-state index in [1.54, 1.807) is 20.3 Å². The second-order valence-electron chi connectivity index (χ2n) is 3.78. The molecule has 1 aromatic heterocycles. The molecule has 19 heavy (non-hydrogen) atoms. The average molecular weight is 275 g/mol. The molecule has 0 radical (unpaired) electrons. The van der Waals surface area contributed by atoms with Gasteiger partial charge in [-0.15, -0.1) is 0 Å². The number of hydrogen-bond acceptors (Lipinski definition) is 6. The third-order valence-corrected chi connectivity index (χ3v) is 3.49. The number of hydrogen-bond donors (Lipinski definition) is 1. The van der Waals surface area contributed by atoms with E-state index in [4.69, 9.17) is 14.7 Å². The van der Waals surface area contributed by atoms with Gasteiger partial charge in [0, 0.05) is 6.07 Å². The fraction of sp³-hybridized carbons (Fsp3) is 0.231. The third-order valence-electron chi connectivity index (χ3n) is 2.63. The minimum atomic E-state index is 0.558. The van der Waals surface area contributed by atoms with E-state index in [0.29, 0.717) is 22.1 Å². The highest BCUT2D eigenvalue weighted by Gasteiger charge is 2.12. The van der Waals surface area contributed by atoms with Crippen LogP contribution < -0.4 is 14.8 Å². The summed E-state index contributed by atoms with van der Waals surface area (Å²) in [5, 5.41) is 13.0. The summed E-state index contributed by atoms with van der Waals surface area (Å²) in [7, 11) is 3.19. The molecule has 6 heteroatoms. The van der Waals surface area contributed by atoms with Gasteiger partial charge >= 0.3 is 0 Å².